The molecule has 5 heteroatoms. The number of hydrogen-bond donors (Lipinski definition) is 0. The molecule has 3 nitrogen and oxygen atoms in total. The first-order valence-corrected chi connectivity index (χ1v) is 9.63. The molecule has 136 valence electrons. The number of aryl methyl sites for hydroxylation is 2. The van der Waals surface area contributed by atoms with Gasteiger partial charge in [0.2, 0.25) is 0 Å². The molecule has 0 bridgehead atoms. The van der Waals surface area contributed by atoms with Crippen LogP contribution in [-0.2, 0) is 4.74 Å². The van der Waals surface area contributed by atoms with Crippen molar-refractivity contribution in [1.82, 2.24) is 0 Å². The van der Waals surface area contributed by atoms with Crippen LogP contribution >= 0.6 is 8.58 Å². The molecule has 0 aliphatic carbocycles. The smallest absolute Gasteiger partial charge is 1.00 e. The maximum Gasteiger partial charge on any atom is 1.00 e. The first kappa shape index (κ1) is 22.9. The van der Waals surface area contributed by atoms with Crippen LogP contribution in [0.1, 0.15) is 41.0 Å². The van der Waals surface area contributed by atoms with Crippen LogP contribution in [0.3, 0.4) is 0 Å². The standard InChI is InChI=1S/C21H27O3P.Li.H/c1-6-23-11-12-24-18-7-9-19(10-8-18)25-21(22)20-15(3)13-14(2)16(4)17(20)5;;/h7-10,13,25H,6,11-12H2,1-5H3;;/q;+1;-1. The van der Waals surface area contributed by atoms with E-state index >= 15 is 0 Å². The van der Waals surface area contributed by atoms with Gasteiger partial charge in [-0.25, -0.2) is 0 Å². The fourth-order valence-electron chi connectivity index (χ4n) is 2.82. The topological polar surface area (TPSA) is 35.5 Å². The fourth-order valence-corrected chi connectivity index (χ4v) is 3.93. The molecule has 0 saturated carbocycles. The van der Waals surface area contributed by atoms with Crippen LogP contribution in [-0.4, -0.2) is 25.3 Å². The Morgan fingerprint density at radius 2 is 1.65 bits per heavy atom. The first-order valence-electron chi connectivity index (χ1n) is 8.63. The van der Waals surface area contributed by atoms with E-state index in [1.54, 1.807) is 0 Å². The molecule has 1 unspecified atom stereocenters. The monoisotopic (exact) mass is 366 g/mol. The Balaban J connectivity index is 0.00000338. The molecule has 2 aromatic rings. The Labute approximate surface area is 172 Å². The van der Waals surface area contributed by atoms with Gasteiger partial charge in [0.25, 0.3) is 0 Å². The second-order valence-corrected chi connectivity index (χ2v) is 7.44. The molecule has 0 aromatic heterocycles. The number of carbonyl (C=O) groups is 1. The second-order valence-electron chi connectivity index (χ2n) is 6.16. The van der Waals surface area contributed by atoms with Crippen LogP contribution in [0.5, 0.6) is 5.75 Å². The molecule has 0 heterocycles. The van der Waals surface area contributed by atoms with Crippen molar-refractivity contribution in [3.05, 3.63) is 58.1 Å². The van der Waals surface area contributed by atoms with E-state index in [1.807, 2.05) is 45.0 Å². The van der Waals surface area contributed by atoms with E-state index < -0.39 is 0 Å². The Hall–Kier alpha value is -1.10. The van der Waals surface area contributed by atoms with Crippen molar-refractivity contribution in [2.75, 3.05) is 19.8 Å². The molecule has 26 heavy (non-hydrogen) atoms. The Morgan fingerprint density at radius 3 is 2.27 bits per heavy atom. The zero-order valence-corrected chi connectivity index (χ0v) is 17.7. The van der Waals surface area contributed by atoms with Crippen LogP contribution in [0, 0.1) is 27.7 Å². The van der Waals surface area contributed by atoms with Gasteiger partial charge < -0.3 is 10.9 Å². The van der Waals surface area contributed by atoms with Crippen molar-refractivity contribution in [2.45, 2.75) is 34.6 Å². The van der Waals surface area contributed by atoms with Gasteiger partial charge in [-0.3, -0.25) is 4.79 Å². The number of benzene rings is 2. The molecule has 0 aliphatic rings. The van der Waals surface area contributed by atoms with Crippen molar-refractivity contribution in [3.8, 4) is 5.75 Å². The molecular weight excluding hydrogens is 338 g/mol. The minimum absolute atomic E-state index is 0. The minimum atomic E-state index is 0. The van der Waals surface area contributed by atoms with E-state index in [4.69, 9.17) is 9.47 Å². The van der Waals surface area contributed by atoms with Crippen LogP contribution in [0.15, 0.2) is 30.3 Å². The van der Waals surface area contributed by atoms with E-state index in [-0.39, 0.29) is 34.4 Å². The summed E-state index contributed by atoms with van der Waals surface area (Å²) in [6, 6.07) is 9.88. The number of rotatable bonds is 8. The SMILES string of the molecule is CCOCCOc1ccc(PC(=O)c2c(C)cc(C)c(C)c2C)cc1.[H-].[Li+]. The summed E-state index contributed by atoms with van der Waals surface area (Å²) in [5.41, 5.74) is 5.68. The maximum absolute atomic E-state index is 12.8. The zero-order valence-electron chi connectivity index (χ0n) is 17.7. The third kappa shape index (κ3) is 5.97. The van der Waals surface area contributed by atoms with Crippen molar-refractivity contribution >= 4 is 19.4 Å². The van der Waals surface area contributed by atoms with Gasteiger partial charge in [-0.2, -0.15) is 0 Å². The van der Waals surface area contributed by atoms with E-state index in [0.29, 0.717) is 19.8 Å². The van der Waals surface area contributed by atoms with Crippen molar-refractivity contribution in [1.29, 1.82) is 0 Å². The summed E-state index contributed by atoms with van der Waals surface area (Å²) in [6.07, 6.45) is 0. The summed E-state index contributed by atoms with van der Waals surface area (Å²) in [4.78, 5) is 12.8. The third-order valence-electron chi connectivity index (χ3n) is 4.40. The summed E-state index contributed by atoms with van der Waals surface area (Å²) >= 11 is 0. The maximum atomic E-state index is 12.8. The van der Waals surface area contributed by atoms with E-state index in [0.717, 1.165) is 27.7 Å². The number of hydrogen-bond acceptors (Lipinski definition) is 3. The predicted octanol–water partition coefficient (Wildman–Crippen LogP) is 1.60. The van der Waals surface area contributed by atoms with Gasteiger partial charge in [-0.1, -0.05) is 18.2 Å². The Kier molecular flexibility index (Phi) is 9.62. The number of ether oxygens (including phenoxy) is 2. The zero-order chi connectivity index (χ0) is 18.4. The molecule has 0 aliphatic heterocycles. The van der Waals surface area contributed by atoms with Gasteiger partial charge in [0.15, 0.2) is 5.52 Å². The molecule has 0 N–H and O–H groups in total. The average molecular weight is 366 g/mol. The molecule has 0 saturated heterocycles. The second kappa shape index (κ2) is 10.9. The van der Waals surface area contributed by atoms with Crippen molar-refractivity contribution in [2.24, 2.45) is 0 Å². The minimum Gasteiger partial charge on any atom is -1.00 e. The third-order valence-corrected chi connectivity index (χ3v) is 5.50. The number of carbonyl (C=O) groups excluding carboxylic acids is 1. The molecular formula is C21H28LiO3P. The molecule has 1 atom stereocenters. The van der Waals surface area contributed by atoms with Crippen LogP contribution in [0.2, 0.25) is 0 Å². The first-order chi connectivity index (χ1) is 11.9. The normalized spacial score (nSPS) is 10.8. The van der Waals surface area contributed by atoms with Crippen LogP contribution in [0.25, 0.3) is 0 Å². The molecule has 2 rings (SSSR count). The predicted molar refractivity (Wildman–Crippen MR) is 107 cm³/mol. The van der Waals surface area contributed by atoms with Gasteiger partial charge in [-0.15, -0.1) is 0 Å². The van der Waals surface area contributed by atoms with Gasteiger partial charge in [-0.05, 0) is 82.9 Å². The van der Waals surface area contributed by atoms with E-state index in [1.165, 1.54) is 11.1 Å². The van der Waals surface area contributed by atoms with Crippen LogP contribution in [0.4, 0.5) is 0 Å². The Morgan fingerprint density at radius 1 is 1.00 bits per heavy atom. The average Bonchev–Trinajstić information content (AvgIpc) is 2.58. The summed E-state index contributed by atoms with van der Waals surface area (Å²) in [5, 5.41) is 1.03. The molecule has 0 amide bonds. The molecule has 0 spiro atoms. The van der Waals surface area contributed by atoms with Crippen molar-refractivity contribution in [3.63, 3.8) is 0 Å². The van der Waals surface area contributed by atoms with E-state index in [2.05, 4.69) is 19.9 Å². The fraction of sp³-hybridized carbons (Fsp3) is 0.381. The summed E-state index contributed by atoms with van der Waals surface area (Å²) in [7, 11) is 0.121. The van der Waals surface area contributed by atoms with Crippen LogP contribution < -0.4 is 28.9 Å². The summed E-state index contributed by atoms with van der Waals surface area (Å²) in [6.45, 7) is 12.0. The Bertz CT molecular complexity index is 748. The van der Waals surface area contributed by atoms with Crippen molar-refractivity contribution < 1.29 is 34.6 Å². The summed E-state index contributed by atoms with van der Waals surface area (Å²) in [5.74, 6) is 0.805. The molecule has 2 aromatic carbocycles. The summed E-state index contributed by atoms with van der Waals surface area (Å²) < 4.78 is 10.9. The van der Waals surface area contributed by atoms with Gasteiger partial charge in [0, 0.05) is 12.2 Å². The largest absolute Gasteiger partial charge is 1.00 e. The molecule has 0 fully saturated rings. The van der Waals surface area contributed by atoms with E-state index in [9.17, 15) is 4.79 Å². The molecule has 0 radical (unpaired) electrons. The quantitative estimate of drug-likeness (QED) is 0.404. The van der Waals surface area contributed by atoms with Gasteiger partial charge >= 0.3 is 18.9 Å². The van der Waals surface area contributed by atoms with Gasteiger partial charge in [0.05, 0.1) is 6.61 Å². The van der Waals surface area contributed by atoms with Gasteiger partial charge in [0.1, 0.15) is 12.4 Å².